The lowest BCUT2D eigenvalue weighted by Gasteiger charge is -2.03. The highest BCUT2D eigenvalue weighted by atomic mass is 14.6. The Hall–Kier alpha value is -1.37. The van der Waals surface area contributed by atoms with Crippen LogP contribution >= 0.6 is 0 Å². The van der Waals surface area contributed by atoms with Crippen molar-refractivity contribution in [1.82, 2.24) is 4.98 Å². The number of rotatable bonds is 3. The summed E-state index contributed by atoms with van der Waals surface area (Å²) in [4.78, 5) is 4.38. The number of hydrogen-bond donors (Lipinski definition) is 0. The number of benzene rings is 1. The smallest absolute Gasteiger partial charge is 0.0736 e. The number of pyridine rings is 1. The first-order valence-corrected chi connectivity index (χ1v) is 4.88. The fourth-order valence-electron chi connectivity index (χ4n) is 1.55. The minimum Gasteiger partial charge on any atom is -0.256 e. The van der Waals surface area contributed by atoms with Crippen molar-refractivity contribution in [2.24, 2.45) is 0 Å². The van der Waals surface area contributed by atoms with Gasteiger partial charge in [-0.1, -0.05) is 37.6 Å². The molecule has 0 aliphatic rings. The Kier molecular flexibility index (Phi) is 2.78. The SMILES string of the molecule is [CH2]CC[CH]c1cccc2cccnc12. The number of unbranched alkanes of at least 4 members (excludes halogenated alkanes) is 1. The fraction of sp³-hybridized carbons (Fsp3) is 0.154. The van der Waals surface area contributed by atoms with Gasteiger partial charge in [-0.2, -0.15) is 0 Å². The van der Waals surface area contributed by atoms with E-state index in [-0.39, 0.29) is 0 Å². The molecule has 70 valence electrons. The van der Waals surface area contributed by atoms with Crippen molar-refractivity contribution >= 4 is 10.9 Å². The van der Waals surface area contributed by atoms with Crippen molar-refractivity contribution < 1.29 is 0 Å². The molecule has 1 nitrogen and oxygen atoms in total. The molecule has 14 heavy (non-hydrogen) atoms. The molecule has 0 spiro atoms. The van der Waals surface area contributed by atoms with Gasteiger partial charge in [-0.15, -0.1) is 0 Å². The van der Waals surface area contributed by atoms with Crippen molar-refractivity contribution in [1.29, 1.82) is 0 Å². The fourth-order valence-corrected chi connectivity index (χ4v) is 1.55. The van der Waals surface area contributed by atoms with E-state index in [0.29, 0.717) is 0 Å². The molecule has 2 radical (unpaired) electrons. The molecule has 1 aromatic heterocycles. The van der Waals surface area contributed by atoms with E-state index < -0.39 is 0 Å². The molecule has 0 saturated carbocycles. The third-order valence-corrected chi connectivity index (χ3v) is 2.23. The third-order valence-electron chi connectivity index (χ3n) is 2.23. The monoisotopic (exact) mass is 183 g/mol. The van der Waals surface area contributed by atoms with Gasteiger partial charge >= 0.3 is 0 Å². The standard InChI is InChI=1S/C13H13N/c1-2-3-6-11-7-4-8-12-9-5-10-14-13(11)12/h4-10H,1-3H2. The van der Waals surface area contributed by atoms with Crippen LogP contribution in [0, 0.1) is 13.3 Å². The molecular formula is C13H13N. The normalized spacial score (nSPS) is 10.6. The average Bonchev–Trinajstić information content (AvgIpc) is 2.26. The van der Waals surface area contributed by atoms with Gasteiger partial charge in [0.15, 0.2) is 0 Å². The Morgan fingerprint density at radius 1 is 1.21 bits per heavy atom. The van der Waals surface area contributed by atoms with Crippen LogP contribution in [0.3, 0.4) is 0 Å². The molecule has 0 aliphatic heterocycles. The van der Waals surface area contributed by atoms with Gasteiger partial charge in [0, 0.05) is 11.6 Å². The Bertz CT molecular complexity index is 415. The lowest BCUT2D eigenvalue weighted by atomic mass is 10.0. The maximum Gasteiger partial charge on any atom is 0.0736 e. The van der Waals surface area contributed by atoms with Crippen LogP contribution in [0.1, 0.15) is 18.4 Å². The van der Waals surface area contributed by atoms with E-state index >= 15 is 0 Å². The van der Waals surface area contributed by atoms with E-state index in [1.807, 2.05) is 12.3 Å². The molecule has 1 heterocycles. The van der Waals surface area contributed by atoms with E-state index in [1.165, 1.54) is 10.9 Å². The van der Waals surface area contributed by atoms with Crippen LogP contribution in [0.15, 0.2) is 36.5 Å². The Morgan fingerprint density at radius 3 is 2.93 bits per heavy atom. The van der Waals surface area contributed by atoms with Crippen LogP contribution in [0.2, 0.25) is 0 Å². The molecule has 0 atom stereocenters. The molecule has 0 fully saturated rings. The Labute approximate surface area is 84.8 Å². The predicted octanol–water partition coefficient (Wildman–Crippen LogP) is 3.40. The van der Waals surface area contributed by atoms with E-state index in [9.17, 15) is 0 Å². The van der Waals surface area contributed by atoms with Gasteiger partial charge in [0.05, 0.1) is 5.52 Å². The van der Waals surface area contributed by atoms with Gasteiger partial charge < -0.3 is 0 Å². The van der Waals surface area contributed by atoms with Gasteiger partial charge in [0.1, 0.15) is 0 Å². The topological polar surface area (TPSA) is 12.9 Å². The maximum absolute atomic E-state index is 4.38. The highest BCUT2D eigenvalue weighted by Gasteiger charge is 2.00. The summed E-state index contributed by atoms with van der Waals surface area (Å²) >= 11 is 0. The van der Waals surface area contributed by atoms with Gasteiger partial charge in [-0.05, 0) is 24.5 Å². The summed E-state index contributed by atoms with van der Waals surface area (Å²) in [5, 5.41) is 1.20. The second kappa shape index (κ2) is 4.23. The van der Waals surface area contributed by atoms with Gasteiger partial charge in [0.25, 0.3) is 0 Å². The lowest BCUT2D eigenvalue weighted by molar-refractivity contribution is 0.990. The van der Waals surface area contributed by atoms with Gasteiger partial charge in [-0.3, -0.25) is 4.98 Å². The molecule has 0 N–H and O–H groups in total. The first kappa shape index (κ1) is 9.20. The summed E-state index contributed by atoms with van der Waals surface area (Å²) < 4.78 is 0. The second-order valence-corrected chi connectivity index (χ2v) is 3.27. The largest absolute Gasteiger partial charge is 0.256 e. The molecule has 0 bridgehead atoms. The zero-order chi connectivity index (χ0) is 9.80. The molecule has 1 aromatic carbocycles. The van der Waals surface area contributed by atoms with Crippen LogP contribution in [0.5, 0.6) is 0 Å². The zero-order valence-corrected chi connectivity index (χ0v) is 8.11. The van der Waals surface area contributed by atoms with E-state index in [0.717, 1.165) is 18.4 Å². The van der Waals surface area contributed by atoms with Crippen molar-refractivity contribution in [3.8, 4) is 0 Å². The highest BCUT2D eigenvalue weighted by Crippen LogP contribution is 2.18. The molecule has 0 saturated heterocycles. The van der Waals surface area contributed by atoms with E-state index in [4.69, 9.17) is 0 Å². The molecule has 2 aromatic rings. The minimum atomic E-state index is 0.934. The first-order valence-electron chi connectivity index (χ1n) is 4.88. The minimum absolute atomic E-state index is 0.934. The Balaban J connectivity index is 2.43. The first-order chi connectivity index (χ1) is 6.92. The lowest BCUT2D eigenvalue weighted by Crippen LogP contribution is -1.86. The van der Waals surface area contributed by atoms with Crippen LogP contribution in [-0.2, 0) is 0 Å². The molecule has 1 heteroatoms. The summed E-state index contributed by atoms with van der Waals surface area (Å²) in [7, 11) is 0. The third kappa shape index (κ3) is 1.77. The molecular weight excluding hydrogens is 170 g/mol. The van der Waals surface area contributed by atoms with Crippen LogP contribution in [0.25, 0.3) is 10.9 Å². The molecule has 0 aliphatic carbocycles. The number of aromatic nitrogens is 1. The van der Waals surface area contributed by atoms with Gasteiger partial charge in [-0.25, -0.2) is 0 Å². The summed E-state index contributed by atoms with van der Waals surface area (Å²) in [6.07, 6.45) is 5.98. The van der Waals surface area contributed by atoms with Crippen LogP contribution in [-0.4, -0.2) is 4.98 Å². The van der Waals surface area contributed by atoms with Crippen molar-refractivity contribution in [2.45, 2.75) is 12.8 Å². The summed E-state index contributed by atoms with van der Waals surface area (Å²) in [5.41, 5.74) is 2.30. The molecule has 2 rings (SSSR count). The average molecular weight is 183 g/mol. The summed E-state index contributed by atoms with van der Waals surface area (Å²) in [6.45, 7) is 3.83. The quantitative estimate of drug-likeness (QED) is 0.710. The summed E-state index contributed by atoms with van der Waals surface area (Å²) in [6, 6.07) is 10.3. The summed E-state index contributed by atoms with van der Waals surface area (Å²) in [5.74, 6) is 0. The zero-order valence-electron chi connectivity index (χ0n) is 8.11. The van der Waals surface area contributed by atoms with Crippen molar-refractivity contribution in [2.75, 3.05) is 0 Å². The van der Waals surface area contributed by atoms with Gasteiger partial charge in [0.2, 0.25) is 0 Å². The number of nitrogens with zero attached hydrogens (tertiary/aromatic N) is 1. The maximum atomic E-state index is 4.38. The Morgan fingerprint density at radius 2 is 2.07 bits per heavy atom. The van der Waals surface area contributed by atoms with Crippen molar-refractivity contribution in [3.63, 3.8) is 0 Å². The number of para-hydroxylation sites is 1. The van der Waals surface area contributed by atoms with Crippen molar-refractivity contribution in [3.05, 3.63) is 55.4 Å². The van der Waals surface area contributed by atoms with Crippen LogP contribution in [0.4, 0.5) is 0 Å². The molecule has 0 amide bonds. The van der Waals surface area contributed by atoms with E-state index in [2.05, 4.69) is 42.6 Å². The molecule has 0 unspecified atom stereocenters. The predicted molar refractivity (Wildman–Crippen MR) is 59.7 cm³/mol. The highest BCUT2D eigenvalue weighted by molar-refractivity contribution is 5.82. The number of fused-ring (bicyclic) bond motifs is 1. The van der Waals surface area contributed by atoms with Crippen LogP contribution < -0.4 is 0 Å². The number of hydrogen-bond acceptors (Lipinski definition) is 1. The van der Waals surface area contributed by atoms with E-state index in [1.54, 1.807) is 0 Å². The second-order valence-electron chi connectivity index (χ2n) is 3.27.